The van der Waals surface area contributed by atoms with Crippen LogP contribution in [-0.4, -0.2) is 44.7 Å². The van der Waals surface area contributed by atoms with Crippen LogP contribution in [0.2, 0.25) is 0 Å². The van der Waals surface area contributed by atoms with Crippen LogP contribution >= 0.6 is 23.4 Å². The second-order valence-corrected chi connectivity index (χ2v) is 6.62. The molecule has 0 aromatic heterocycles. The summed E-state index contributed by atoms with van der Waals surface area (Å²) < 4.78 is 13.4. The molecular formula is C9H12ClN3O3S2. The third-order valence-electron chi connectivity index (χ3n) is 2.68. The molecule has 0 aliphatic carbocycles. The maximum Gasteiger partial charge on any atom is 0.363 e. The first-order valence-electron chi connectivity index (χ1n) is 5.22. The van der Waals surface area contributed by atoms with Crippen LogP contribution in [-0.2, 0) is 16.2 Å². The van der Waals surface area contributed by atoms with E-state index in [9.17, 15) is 14.1 Å². The zero-order valence-electron chi connectivity index (χ0n) is 9.35. The summed E-state index contributed by atoms with van der Waals surface area (Å²) in [6.07, 6.45) is 0. The molecule has 3 amide bonds. The highest BCUT2D eigenvalue weighted by Crippen LogP contribution is 2.34. The van der Waals surface area contributed by atoms with Crippen LogP contribution in [0.15, 0.2) is 10.6 Å². The van der Waals surface area contributed by atoms with E-state index in [0.717, 1.165) is 4.31 Å². The fraction of sp³-hybridized carbons (Fsp3) is 0.556. The van der Waals surface area contributed by atoms with Crippen molar-refractivity contribution in [3.05, 3.63) is 10.6 Å². The van der Waals surface area contributed by atoms with Gasteiger partial charge >= 0.3 is 6.03 Å². The van der Waals surface area contributed by atoms with Gasteiger partial charge in [0.05, 0.1) is 23.9 Å². The lowest BCUT2D eigenvalue weighted by Gasteiger charge is -2.35. The number of thioether (sulfide) groups is 1. The number of alkyl halides is 1. The van der Waals surface area contributed by atoms with Crippen molar-refractivity contribution in [2.45, 2.75) is 0 Å². The summed E-state index contributed by atoms with van der Waals surface area (Å²) in [4.78, 5) is 23.7. The highest BCUT2D eigenvalue weighted by atomic mass is 35.5. The van der Waals surface area contributed by atoms with E-state index in [4.69, 9.17) is 17.3 Å². The summed E-state index contributed by atoms with van der Waals surface area (Å²) in [7, 11) is 0. The predicted octanol–water partition coefficient (Wildman–Crippen LogP) is -0.0260. The van der Waals surface area contributed by atoms with Crippen LogP contribution in [0.25, 0.3) is 0 Å². The molecule has 0 saturated heterocycles. The number of hydrogen-bond acceptors (Lipinski definition) is 4. The van der Waals surface area contributed by atoms with Crippen molar-refractivity contribution in [3.63, 3.8) is 0 Å². The number of rotatable bonds is 3. The molecule has 0 radical (unpaired) electrons. The second kappa shape index (κ2) is 5.60. The zero-order chi connectivity index (χ0) is 13.3. The molecule has 0 aromatic carbocycles. The summed E-state index contributed by atoms with van der Waals surface area (Å²) in [5.74, 6) is 0.128. The van der Waals surface area contributed by atoms with Crippen LogP contribution in [0.1, 0.15) is 0 Å². The first-order chi connectivity index (χ1) is 8.56. The monoisotopic (exact) mass is 309 g/mol. The Morgan fingerprint density at radius 2 is 2.44 bits per heavy atom. The lowest BCUT2D eigenvalue weighted by molar-refractivity contribution is -0.120. The number of amides is 3. The van der Waals surface area contributed by atoms with Crippen LogP contribution in [0, 0.1) is 5.92 Å². The number of primary amides is 1. The van der Waals surface area contributed by atoms with E-state index in [-0.39, 0.29) is 12.4 Å². The first-order valence-corrected chi connectivity index (χ1v) is 8.02. The molecule has 3 N–H and O–H groups in total. The number of urea groups is 1. The van der Waals surface area contributed by atoms with E-state index >= 15 is 0 Å². The molecule has 0 bridgehead atoms. The molecule has 0 aromatic rings. The van der Waals surface area contributed by atoms with Crippen molar-refractivity contribution >= 4 is 46.7 Å². The van der Waals surface area contributed by atoms with Gasteiger partial charge in [0.1, 0.15) is 11.4 Å². The summed E-state index contributed by atoms with van der Waals surface area (Å²) in [5.41, 5.74) is 5.70. The second-order valence-electron chi connectivity index (χ2n) is 3.78. The Hall–Kier alpha value is -0.570. The first kappa shape index (κ1) is 13.9. The molecular weight excluding hydrogens is 298 g/mol. The third kappa shape index (κ3) is 2.42. The number of halogens is 1. The Kier molecular flexibility index (Phi) is 4.31. The van der Waals surface area contributed by atoms with Crippen molar-refractivity contribution < 1.29 is 14.1 Å². The molecule has 0 fully saturated rings. The lowest BCUT2D eigenvalue weighted by atomic mass is 10.1. The van der Waals surface area contributed by atoms with Gasteiger partial charge in [-0.1, -0.05) is 0 Å². The van der Waals surface area contributed by atoms with Gasteiger partial charge in [0.15, 0.2) is 4.91 Å². The number of nitrogens with one attached hydrogen (secondary N) is 1. The average molecular weight is 310 g/mol. The largest absolute Gasteiger partial charge is 0.588 e. The normalized spacial score (nSPS) is 27.9. The highest BCUT2D eigenvalue weighted by molar-refractivity contribution is 8.01. The van der Waals surface area contributed by atoms with Gasteiger partial charge in [-0.25, -0.2) is 4.79 Å². The summed E-state index contributed by atoms with van der Waals surface area (Å²) in [6.45, 7) is 0.197. The van der Waals surface area contributed by atoms with Crippen molar-refractivity contribution in [2.75, 3.05) is 23.9 Å². The number of nitrogens with two attached hydrogens (primary N) is 1. The molecule has 2 aliphatic rings. The number of carbonyl (C=O) groups excluding carboxylic acids is 2. The fourth-order valence-electron chi connectivity index (χ4n) is 1.80. The van der Waals surface area contributed by atoms with Gasteiger partial charge in [-0.3, -0.25) is 4.79 Å². The molecule has 100 valence electrons. The third-order valence-corrected chi connectivity index (χ3v) is 5.62. The number of carbonyl (C=O) groups is 2. The average Bonchev–Trinajstić information content (AvgIpc) is 2.33. The van der Waals surface area contributed by atoms with Crippen molar-refractivity contribution in [2.24, 2.45) is 11.7 Å². The molecule has 2 rings (SSSR count). The minimum Gasteiger partial charge on any atom is -0.588 e. The van der Waals surface area contributed by atoms with Gasteiger partial charge in [-0.15, -0.1) is 15.9 Å². The maximum atomic E-state index is 12.2. The Morgan fingerprint density at radius 3 is 3.06 bits per heavy atom. The van der Waals surface area contributed by atoms with E-state index in [1.54, 1.807) is 0 Å². The molecule has 2 heterocycles. The summed E-state index contributed by atoms with van der Waals surface area (Å²) in [6, 6.07) is -0.495. The Morgan fingerprint density at radius 1 is 1.72 bits per heavy atom. The Labute approximate surface area is 117 Å². The van der Waals surface area contributed by atoms with Gasteiger partial charge < -0.3 is 15.6 Å². The van der Waals surface area contributed by atoms with Crippen molar-refractivity contribution in [1.29, 1.82) is 0 Å². The molecule has 6 nitrogen and oxygen atoms in total. The topological polar surface area (TPSA) is 98.5 Å². The zero-order valence-corrected chi connectivity index (χ0v) is 11.7. The van der Waals surface area contributed by atoms with Gasteiger partial charge in [0, 0.05) is 11.6 Å². The van der Waals surface area contributed by atoms with E-state index < -0.39 is 29.2 Å². The Bertz CT molecular complexity index is 418. The minimum absolute atomic E-state index is 0.197. The molecule has 0 saturated carbocycles. The van der Waals surface area contributed by atoms with E-state index in [0.29, 0.717) is 22.1 Å². The smallest absolute Gasteiger partial charge is 0.363 e. The fourth-order valence-corrected chi connectivity index (χ4v) is 4.85. The molecule has 2 aliphatic heterocycles. The van der Waals surface area contributed by atoms with Gasteiger partial charge in [-0.2, -0.15) is 11.8 Å². The minimum atomic E-state index is -1.57. The molecule has 18 heavy (non-hydrogen) atoms. The van der Waals surface area contributed by atoms with Crippen molar-refractivity contribution in [3.8, 4) is 0 Å². The van der Waals surface area contributed by atoms with Crippen LogP contribution in [0.5, 0.6) is 0 Å². The van der Waals surface area contributed by atoms with E-state index in [1.807, 2.05) is 0 Å². The SMILES string of the molecule is NC(=O)C1CSCC2=C1NC(=O)N(CCCl)[S+]2[O-]. The molecule has 0 spiro atoms. The van der Waals surface area contributed by atoms with Crippen molar-refractivity contribution in [1.82, 2.24) is 9.62 Å². The quantitative estimate of drug-likeness (QED) is 0.565. The van der Waals surface area contributed by atoms with E-state index in [1.165, 1.54) is 11.8 Å². The molecule has 9 heteroatoms. The summed E-state index contributed by atoms with van der Waals surface area (Å²) in [5, 5.41) is 2.62. The van der Waals surface area contributed by atoms with Crippen LogP contribution in [0.3, 0.4) is 0 Å². The van der Waals surface area contributed by atoms with Gasteiger partial charge in [-0.05, 0) is 0 Å². The highest BCUT2D eigenvalue weighted by Gasteiger charge is 2.43. The predicted molar refractivity (Wildman–Crippen MR) is 71.1 cm³/mol. The van der Waals surface area contributed by atoms with E-state index in [2.05, 4.69) is 5.32 Å². The van der Waals surface area contributed by atoms with Crippen LogP contribution < -0.4 is 11.1 Å². The van der Waals surface area contributed by atoms with Gasteiger partial charge in [0.25, 0.3) is 0 Å². The standard InChI is InChI=1S/C9H12ClN3O3S2/c10-1-2-13-9(15)12-7-5(8(11)14)3-17-4-6(7)18(13)16/h5H,1-4H2,(H2,11,14)(H,12,15). The van der Waals surface area contributed by atoms with Gasteiger partial charge in [0.2, 0.25) is 5.91 Å². The van der Waals surface area contributed by atoms with Crippen LogP contribution in [0.4, 0.5) is 4.79 Å². The molecule has 2 atom stereocenters. The Balaban J connectivity index is 2.32. The lowest BCUT2D eigenvalue weighted by Crippen LogP contribution is -2.53. The number of nitrogens with zero attached hydrogens (tertiary/aromatic N) is 1. The molecule has 2 unspecified atom stereocenters. The summed E-state index contributed by atoms with van der Waals surface area (Å²) >= 11 is 5.47. The number of hydrogen-bond donors (Lipinski definition) is 2. The maximum absolute atomic E-state index is 12.2.